The number of hydrogen-bond acceptors (Lipinski definition) is 4. The van der Waals surface area contributed by atoms with Gasteiger partial charge in [0.05, 0.1) is 6.61 Å². The van der Waals surface area contributed by atoms with E-state index in [9.17, 15) is 9.59 Å². The Bertz CT molecular complexity index is 527. The monoisotopic (exact) mass is 320 g/mol. The third-order valence-corrected chi connectivity index (χ3v) is 3.70. The molecule has 0 atom stereocenters. The van der Waals surface area contributed by atoms with Gasteiger partial charge in [-0.2, -0.15) is 0 Å². The minimum absolute atomic E-state index is 0.0284. The highest BCUT2D eigenvalue weighted by Crippen LogP contribution is 2.19. The number of amides is 2. The van der Waals surface area contributed by atoms with Crippen LogP contribution in [0.5, 0.6) is 5.75 Å². The number of nitrogens with one attached hydrogen (secondary N) is 2. The van der Waals surface area contributed by atoms with E-state index < -0.39 is 6.09 Å². The SMILES string of the molecule is CCOC(=O)Nc1cccc(OCC(=O)NC2CCCCC2)c1. The van der Waals surface area contributed by atoms with Gasteiger partial charge in [0, 0.05) is 17.8 Å². The fourth-order valence-electron chi connectivity index (χ4n) is 2.61. The standard InChI is InChI=1S/C17H24N2O4/c1-2-22-17(21)19-14-9-6-10-15(11-14)23-12-16(20)18-13-7-4-3-5-8-13/h6,9-11,13H,2-5,7-8,12H2,1H3,(H,18,20)(H,19,21). The van der Waals surface area contributed by atoms with Crippen LogP contribution in [-0.4, -0.2) is 31.3 Å². The number of hydrogen-bond donors (Lipinski definition) is 2. The molecule has 1 aliphatic carbocycles. The van der Waals surface area contributed by atoms with E-state index >= 15 is 0 Å². The summed E-state index contributed by atoms with van der Waals surface area (Å²) in [5, 5.41) is 5.59. The van der Waals surface area contributed by atoms with Gasteiger partial charge in [-0.3, -0.25) is 10.1 Å². The van der Waals surface area contributed by atoms with Crippen LogP contribution in [0, 0.1) is 0 Å². The fraction of sp³-hybridized carbons (Fsp3) is 0.529. The Morgan fingerprint density at radius 3 is 2.74 bits per heavy atom. The van der Waals surface area contributed by atoms with E-state index in [0.29, 0.717) is 18.0 Å². The first kappa shape index (κ1) is 17.1. The second kappa shape index (κ2) is 9.02. The summed E-state index contributed by atoms with van der Waals surface area (Å²) in [6.07, 6.45) is 5.18. The van der Waals surface area contributed by atoms with Gasteiger partial charge in [-0.25, -0.2) is 4.79 Å². The van der Waals surface area contributed by atoms with Crippen LogP contribution in [0.25, 0.3) is 0 Å². The molecule has 1 aromatic rings. The molecule has 2 N–H and O–H groups in total. The fourth-order valence-corrected chi connectivity index (χ4v) is 2.61. The van der Waals surface area contributed by atoms with Crippen LogP contribution in [0.2, 0.25) is 0 Å². The zero-order chi connectivity index (χ0) is 16.5. The Kier molecular flexibility index (Phi) is 6.72. The Morgan fingerprint density at radius 2 is 2.00 bits per heavy atom. The highest BCUT2D eigenvalue weighted by atomic mass is 16.5. The van der Waals surface area contributed by atoms with E-state index in [1.807, 2.05) is 0 Å². The lowest BCUT2D eigenvalue weighted by atomic mass is 9.95. The zero-order valence-electron chi connectivity index (χ0n) is 13.5. The molecule has 0 unspecified atom stereocenters. The number of rotatable bonds is 6. The molecule has 0 aromatic heterocycles. The Labute approximate surface area is 136 Å². The maximum absolute atomic E-state index is 11.9. The summed E-state index contributed by atoms with van der Waals surface area (Å²) in [7, 11) is 0. The Hall–Kier alpha value is -2.24. The molecular formula is C17H24N2O4. The lowest BCUT2D eigenvalue weighted by Gasteiger charge is -2.22. The van der Waals surface area contributed by atoms with E-state index in [1.54, 1.807) is 31.2 Å². The van der Waals surface area contributed by atoms with Gasteiger partial charge >= 0.3 is 6.09 Å². The van der Waals surface area contributed by atoms with Crippen molar-refractivity contribution >= 4 is 17.7 Å². The predicted molar refractivity (Wildman–Crippen MR) is 87.6 cm³/mol. The molecule has 0 heterocycles. The number of benzene rings is 1. The van der Waals surface area contributed by atoms with E-state index in [0.717, 1.165) is 12.8 Å². The van der Waals surface area contributed by atoms with Gasteiger partial charge < -0.3 is 14.8 Å². The van der Waals surface area contributed by atoms with Gasteiger partial charge in [-0.05, 0) is 31.9 Å². The highest BCUT2D eigenvalue weighted by Gasteiger charge is 2.15. The van der Waals surface area contributed by atoms with Crippen LogP contribution in [0.3, 0.4) is 0 Å². The van der Waals surface area contributed by atoms with Crippen molar-refractivity contribution in [2.24, 2.45) is 0 Å². The van der Waals surface area contributed by atoms with Crippen molar-refractivity contribution in [1.82, 2.24) is 5.32 Å². The number of anilines is 1. The lowest BCUT2D eigenvalue weighted by molar-refractivity contribution is -0.124. The normalized spacial score (nSPS) is 14.8. The van der Waals surface area contributed by atoms with Crippen molar-refractivity contribution in [1.29, 1.82) is 0 Å². The van der Waals surface area contributed by atoms with Crippen LogP contribution < -0.4 is 15.4 Å². The third kappa shape index (κ3) is 6.18. The molecule has 126 valence electrons. The smallest absolute Gasteiger partial charge is 0.411 e. The van der Waals surface area contributed by atoms with E-state index in [-0.39, 0.29) is 18.6 Å². The van der Waals surface area contributed by atoms with Crippen molar-refractivity contribution in [2.45, 2.75) is 45.1 Å². The highest BCUT2D eigenvalue weighted by molar-refractivity contribution is 5.84. The van der Waals surface area contributed by atoms with Crippen molar-refractivity contribution in [2.75, 3.05) is 18.5 Å². The first-order valence-corrected chi connectivity index (χ1v) is 8.13. The predicted octanol–water partition coefficient (Wildman–Crippen LogP) is 3.08. The van der Waals surface area contributed by atoms with Crippen molar-refractivity contribution in [3.05, 3.63) is 24.3 Å². The third-order valence-electron chi connectivity index (χ3n) is 3.70. The first-order chi connectivity index (χ1) is 11.2. The summed E-state index contributed by atoms with van der Waals surface area (Å²) in [5.41, 5.74) is 0.564. The number of ether oxygens (including phenoxy) is 2. The van der Waals surface area contributed by atoms with E-state index in [2.05, 4.69) is 10.6 Å². The van der Waals surface area contributed by atoms with Crippen LogP contribution in [0.4, 0.5) is 10.5 Å². The molecule has 0 bridgehead atoms. The molecule has 0 radical (unpaired) electrons. The Balaban J connectivity index is 1.78. The van der Waals surface area contributed by atoms with Crippen molar-refractivity contribution in [3.63, 3.8) is 0 Å². The average molecular weight is 320 g/mol. The molecule has 0 spiro atoms. The summed E-state index contributed by atoms with van der Waals surface area (Å²) >= 11 is 0. The molecule has 23 heavy (non-hydrogen) atoms. The average Bonchev–Trinajstić information content (AvgIpc) is 2.54. The molecule has 6 heteroatoms. The topological polar surface area (TPSA) is 76.7 Å². The van der Waals surface area contributed by atoms with Crippen LogP contribution in [0.15, 0.2) is 24.3 Å². The molecule has 1 saturated carbocycles. The molecule has 6 nitrogen and oxygen atoms in total. The van der Waals surface area contributed by atoms with Crippen molar-refractivity contribution in [3.8, 4) is 5.75 Å². The number of carbonyl (C=O) groups excluding carboxylic acids is 2. The molecular weight excluding hydrogens is 296 g/mol. The van der Waals surface area contributed by atoms with Gasteiger partial charge in [-0.15, -0.1) is 0 Å². The molecule has 1 aliphatic rings. The second-order valence-electron chi connectivity index (χ2n) is 5.56. The number of carbonyl (C=O) groups is 2. The summed E-state index contributed by atoms with van der Waals surface area (Å²) in [4.78, 5) is 23.3. The van der Waals surface area contributed by atoms with Crippen LogP contribution >= 0.6 is 0 Å². The maximum atomic E-state index is 11.9. The summed E-state index contributed by atoms with van der Waals surface area (Å²) in [5.74, 6) is 0.416. The summed E-state index contributed by atoms with van der Waals surface area (Å²) in [6.45, 7) is 2.02. The van der Waals surface area contributed by atoms with Gasteiger partial charge in [0.25, 0.3) is 5.91 Å². The minimum atomic E-state index is -0.514. The maximum Gasteiger partial charge on any atom is 0.411 e. The lowest BCUT2D eigenvalue weighted by Crippen LogP contribution is -2.38. The molecule has 2 amide bonds. The second-order valence-corrected chi connectivity index (χ2v) is 5.56. The van der Waals surface area contributed by atoms with E-state index in [4.69, 9.17) is 9.47 Å². The van der Waals surface area contributed by atoms with Crippen molar-refractivity contribution < 1.29 is 19.1 Å². The Morgan fingerprint density at radius 1 is 1.22 bits per heavy atom. The van der Waals surface area contributed by atoms with Gasteiger partial charge in [0.15, 0.2) is 6.61 Å². The van der Waals surface area contributed by atoms with Crippen LogP contribution in [-0.2, 0) is 9.53 Å². The zero-order valence-corrected chi connectivity index (χ0v) is 13.5. The van der Waals surface area contributed by atoms with Crippen LogP contribution in [0.1, 0.15) is 39.0 Å². The molecule has 0 saturated heterocycles. The minimum Gasteiger partial charge on any atom is -0.484 e. The summed E-state index contributed by atoms with van der Waals surface area (Å²) < 4.78 is 10.3. The van der Waals surface area contributed by atoms with Gasteiger partial charge in [0.1, 0.15) is 5.75 Å². The summed E-state index contributed by atoms with van der Waals surface area (Å²) in [6, 6.07) is 7.15. The molecule has 1 fully saturated rings. The molecule has 0 aliphatic heterocycles. The first-order valence-electron chi connectivity index (χ1n) is 8.13. The largest absolute Gasteiger partial charge is 0.484 e. The quantitative estimate of drug-likeness (QED) is 0.844. The molecule has 1 aromatic carbocycles. The van der Waals surface area contributed by atoms with Gasteiger partial charge in [0.2, 0.25) is 0 Å². The van der Waals surface area contributed by atoms with Gasteiger partial charge in [-0.1, -0.05) is 25.3 Å². The molecule has 2 rings (SSSR count). The van der Waals surface area contributed by atoms with E-state index in [1.165, 1.54) is 19.3 Å².